The quantitative estimate of drug-likeness (QED) is 0.659. The lowest BCUT2D eigenvalue weighted by molar-refractivity contribution is 1.11. The molecule has 0 spiro atoms. The summed E-state index contributed by atoms with van der Waals surface area (Å²) in [5.41, 5.74) is 1.34. The number of rotatable bonds is 2. The van der Waals surface area contributed by atoms with Gasteiger partial charge in [-0.25, -0.2) is 0 Å². The zero-order valence-electron chi connectivity index (χ0n) is 7.28. The molecular formula is C10H12S2. The minimum Gasteiger partial charge on any atom is -0.111 e. The molecule has 1 rings (SSSR count). The van der Waals surface area contributed by atoms with E-state index < -0.39 is 0 Å². The predicted octanol–water partition coefficient (Wildman–Crippen LogP) is 3.83. The molecule has 2 heteroatoms. The highest BCUT2D eigenvalue weighted by molar-refractivity contribution is 8.23. The molecule has 0 saturated carbocycles. The number of benzene rings is 1. The fourth-order valence-corrected chi connectivity index (χ4v) is 2.27. The van der Waals surface area contributed by atoms with Gasteiger partial charge in [-0.1, -0.05) is 42.5 Å². The van der Waals surface area contributed by atoms with Crippen molar-refractivity contribution in [3.05, 3.63) is 35.9 Å². The minimum atomic E-state index is 0.476. The van der Waals surface area contributed by atoms with Gasteiger partial charge in [0, 0.05) is 9.45 Å². The van der Waals surface area contributed by atoms with Gasteiger partial charge in [0.05, 0.1) is 0 Å². The average molecular weight is 196 g/mol. The maximum Gasteiger partial charge on any atom is 0.0453 e. The summed E-state index contributed by atoms with van der Waals surface area (Å²) in [6.07, 6.45) is 0. The molecule has 0 bridgehead atoms. The van der Waals surface area contributed by atoms with Gasteiger partial charge in [0.1, 0.15) is 0 Å². The standard InChI is InChI=1S/C10H12S2/c1-8(12-9(2)11)10-6-4-3-5-7-10/h3-8H,1-2H3. The Morgan fingerprint density at radius 1 is 1.33 bits per heavy atom. The van der Waals surface area contributed by atoms with Crippen LogP contribution in [0.3, 0.4) is 0 Å². The molecule has 0 amide bonds. The summed E-state index contributed by atoms with van der Waals surface area (Å²) >= 11 is 6.77. The van der Waals surface area contributed by atoms with Crippen molar-refractivity contribution in [3.63, 3.8) is 0 Å². The second kappa shape index (κ2) is 4.63. The summed E-state index contributed by atoms with van der Waals surface area (Å²) in [5, 5.41) is 0.476. The van der Waals surface area contributed by atoms with Crippen LogP contribution >= 0.6 is 24.0 Å². The molecular weight excluding hydrogens is 184 g/mol. The van der Waals surface area contributed by atoms with Gasteiger partial charge in [-0.05, 0) is 19.4 Å². The van der Waals surface area contributed by atoms with E-state index >= 15 is 0 Å². The average Bonchev–Trinajstić information content (AvgIpc) is 2.05. The first kappa shape index (κ1) is 9.75. The van der Waals surface area contributed by atoms with Crippen LogP contribution in [0, 0.1) is 0 Å². The van der Waals surface area contributed by atoms with E-state index in [2.05, 4.69) is 31.2 Å². The molecule has 64 valence electrons. The maximum atomic E-state index is 5.03. The Morgan fingerprint density at radius 3 is 2.42 bits per heavy atom. The van der Waals surface area contributed by atoms with Crippen LogP contribution < -0.4 is 0 Å². The third-order valence-electron chi connectivity index (χ3n) is 1.61. The van der Waals surface area contributed by atoms with Crippen molar-refractivity contribution in [2.75, 3.05) is 0 Å². The number of thioether (sulfide) groups is 1. The zero-order chi connectivity index (χ0) is 8.97. The molecule has 0 fully saturated rings. The molecule has 0 saturated heterocycles. The van der Waals surface area contributed by atoms with Crippen molar-refractivity contribution in [1.82, 2.24) is 0 Å². The highest BCUT2D eigenvalue weighted by Gasteiger charge is 2.04. The molecule has 1 aromatic carbocycles. The summed E-state index contributed by atoms with van der Waals surface area (Å²) in [7, 11) is 0. The monoisotopic (exact) mass is 196 g/mol. The largest absolute Gasteiger partial charge is 0.111 e. The van der Waals surface area contributed by atoms with E-state index in [1.54, 1.807) is 11.8 Å². The lowest BCUT2D eigenvalue weighted by Gasteiger charge is -2.09. The molecule has 0 aliphatic heterocycles. The summed E-state index contributed by atoms with van der Waals surface area (Å²) in [6.45, 7) is 4.15. The first-order chi connectivity index (χ1) is 5.70. The third kappa shape index (κ3) is 2.95. The Kier molecular flexibility index (Phi) is 3.76. The van der Waals surface area contributed by atoms with Crippen LogP contribution in [0.2, 0.25) is 0 Å². The van der Waals surface area contributed by atoms with Gasteiger partial charge in [0.25, 0.3) is 0 Å². The lowest BCUT2D eigenvalue weighted by atomic mass is 10.2. The first-order valence-electron chi connectivity index (χ1n) is 3.92. The molecule has 1 atom stereocenters. The fraction of sp³-hybridized carbons (Fsp3) is 0.300. The van der Waals surface area contributed by atoms with E-state index in [0.29, 0.717) is 5.25 Å². The smallest absolute Gasteiger partial charge is 0.0453 e. The highest BCUT2D eigenvalue weighted by atomic mass is 32.2. The van der Waals surface area contributed by atoms with Crippen molar-refractivity contribution in [2.45, 2.75) is 19.1 Å². The van der Waals surface area contributed by atoms with Gasteiger partial charge in [0.2, 0.25) is 0 Å². The van der Waals surface area contributed by atoms with Crippen molar-refractivity contribution in [3.8, 4) is 0 Å². The van der Waals surface area contributed by atoms with E-state index in [1.807, 2.05) is 13.0 Å². The summed E-state index contributed by atoms with van der Waals surface area (Å²) < 4.78 is 1.01. The van der Waals surface area contributed by atoms with Gasteiger partial charge >= 0.3 is 0 Å². The lowest BCUT2D eigenvalue weighted by Crippen LogP contribution is -1.89. The SMILES string of the molecule is CC(=S)SC(C)c1ccccc1. The number of hydrogen-bond donors (Lipinski definition) is 0. The molecule has 0 aliphatic rings. The second-order valence-electron chi connectivity index (χ2n) is 2.66. The van der Waals surface area contributed by atoms with Crippen LogP contribution in [0.15, 0.2) is 30.3 Å². The molecule has 0 heterocycles. The van der Waals surface area contributed by atoms with E-state index in [1.165, 1.54) is 5.56 Å². The Balaban J connectivity index is 2.65. The Bertz CT molecular complexity index is 254. The molecule has 0 radical (unpaired) electrons. The number of hydrogen-bond acceptors (Lipinski definition) is 2. The van der Waals surface area contributed by atoms with Crippen LogP contribution in [-0.2, 0) is 0 Å². The molecule has 1 unspecified atom stereocenters. The molecule has 12 heavy (non-hydrogen) atoms. The minimum absolute atomic E-state index is 0.476. The normalized spacial score (nSPS) is 12.5. The third-order valence-corrected chi connectivity index (χ3v) is 2.86. The van der Waals surface area contributed by atoms with Crippen LogP contribution in [0.5, 0.6) is 0 Å². The van der Waals surface area contributed by atoms with Crippen molar-refractivity contribution in [2.24, 2.45) is 0 Å². The molecule has 0 N–H and O–H groups in total. The highest BCUT2D eigenvalue weighted by Crippen LogP contribution is 2.28. The van der Waals surface area contributed by atoms with Gasteiger partial charge in [-0.2, -0.15) is 0 Å². The van der Waals surface area contributed by atoms with Gasteiger partial charge in [-0.3, -0.25) is 0 Å². The summed E-state index contributed by atoms with van der Waals surface area (Å²) in [5.74, 6) is 0. The molecule has 0 aliphatic carbocycles. The maximum absolute atomic E-state index is 5.03. The first-order valence-corrected chi connectivity index (χ1v) is 5.21. The van der Waals surface area contributed by atoms with Crippen LogP contribution in [0.25, 0.3) is 0 Å². The topological polar surface area (TPSA) is 0 Å². The van der Waals surface area contributed by atoms with Crippen LogP contribution in [-0.4, -0.2) is 4.20 Å². The summed E-state index contributed by atoms with van der Waals surface area (Å²) in [4.78, 5) is 0. The Morgan fingerprint density at radius 2 is 1.92 bits per heavy atom. The van der Waals surface area contributed by atoms with Crippen LogP contribution in [0.1, 0.15) is 24.7 Å². The van der Waals surface area contributed by atoms with E-state index in [9.17, 15) is 0 Å². The molecule has 0 nitrogen and oxygen atoms in total. The van der Waals surface area contributed by atoms with Crippen LogP contribution in [0.4, 0.5) is 0 Å². The van der Waals surface area contributed by atoms with Gasteiger partial charge in [-0.15, -0.1) is 11.8 Å². The zero-order valence-corrected chi connectivity index (χ0v) is 8.91. The van der Waals surface area contributed by atoms with E-state index in [4.69, 9.17) is 12.2 Å². The fourth-order valence-electron chi connectivity index (χ4n) is 1.04. The molecule has 0 aromatic heterocycles. The van der Waals surface area contributed by atoms with Gasteiger partial charge < -0.3 is 0 Å². The number of thiocarbonyl (C=S) groups is 1. The van der Waals surface area contributed by atoms with E-state index in [0.717, 1.165) is 4.20 Å². The van der Waals surface area contributed by atoms with Crippen molar-refractivity contribution >= 4 is 28.2 Å². The summed E-state index contributed by atoms with van der Waals surface area (Å²) in [6, 6.07) is 10.4. The molecule has 1 aromatic rings. The van der Waals surface area contributed by atoms with Gasteiger partial charge in [0.15, 0.2) is 0 Å². The van der Waals surface area contributed by atoms with Crippen molar-refractivity contribution < 1.29 is 0 Å². The second-order valence-corrected chi connectivity index (χ2v) is 5.09. The van der Waals surface area contributed by atoms with Crippen molar-refractivity contribution in [1.29, 1.82) is 0 Å². The van der Waals surface area contributed by atoms with E-state index in [-0.39, 0.29) is 0 Å². The Labute approximate surface area is 83.4 Å². The predicted molar refractivity (Wildman–Crippen MR) is 60.7 cm³/mol. The Hall–Kier alpha value is -0.340.